The number of nitrogens with zero attached hydrogens (tertiary/aromatic N) is 7. The van der Waals surface area contributed by atoms with Crippen LogP contribution in [0.5, 0.6) is 0 Å². The average Bonchev–Trinajstić information content (AvgIpc) is 1.60. The summed E-state index contributed by atoms with van der Waals surface area (Å²) >= 11 is 26.3. The van der Waals surface area contributed by atoms with Crippen molar-refractivity contribution in [2.75, 3.05) is 95.0 Å². The molecular weight excluding hydrogens is 1830 g/mol. The number of anilines is 4. The summed E-state index contributed by atoms with van der Waals surface area (Å²) in [4.78, 5) is 8.95. The summed E-state index contributed by atoms with van der Waals surface area (Å²) < 4.78 is 142. The van der Waals surface area contributed by atoms with E-state index in [4.69, 9.17) is 46.4 Å². The van der Waals surface area contributed by atoms with Crippen molar-refractivity contribution in [2.45, 2.75) is 182 Å². The van der Waals surface area contributed by atoms with Gasteiger partial charge < -0.3 is 37.7 Å². The van der Waals surface area contributed by atoms with Gasteiger partial charge in [-0.05, 0) is 224 Å². The summed E-state index contributed by atoms with van der Waals surface area (Å²) in [6, 6.07) is 64.8. The first-order chi connectivity index (χ1) is 62.9. The van der Waals surface area contributed by atoms with E-state index in [0.717, 1.165) is 150 Å². The molecule has 8 aromatic rings. The topological polar surface area (TPSA) is 245 Å². The highest BCUT2D eigenvalue weighted by Gasteiger charge is 2.46. The second-order valence-corrected chi connectivity index (χ2v) is 44.8. The van der Waals surface area contributed by atoms with Crippen LogP contribution in [0.3, 0.4) is 0 Å². The minimum Gasteiger partial charge on any atom is -0.748 e. The summed E-state index contributed by atoms with van der Waals surface area (Å²) in [5, 5.41) is 2.55. The Hall–Kier alpha value is -9.02. The van der Waals surface area contributed by atoms with Crippen LogP contribution >= 0.6 is 46.4 Å². The second kappa shape index (κ2) is 43.6. The van der Waals surface area contributed by atoms with Gasteiger partial charge in [-0.2, -0.15) is 17.6 Å². The summed E-state index contributed by atoms with van der Waals surface area (Å²) in [6.07, 6.45) is 23.9. The number of halogens is 4. The van der Waals surface area contributed by atoms with Crippen LogP contribution in [-0.4, -0.2) is 143 Å². The van der Waals surface area contributed by atoms with Crippen molar-refractivity contribution in [3.8, 4) is 0 Å². The van der Waals surface area contributed by atoms with Gasteiger partial charge in [0.1, 0.15) is 0 Å². The van der Waals surface area contributed by atoms with E-state index in [1.165, 1.54) is 30.7 Å². The molecule has 0 saturated heterocycles. The Labute approximate surface area is 809 Å². The molecule has 6 aliphatic rings. The second-order valence-electron chi connectivity index (χ2n) is 36.9. The van der Waals surface area contributed by atoms with Gasteiger partial charge in [-0.15, -0.1) is 0 Å². The van der Waals surface area contributed by atoms with Gasteiger partial charge in [-0.1, -0.05) is 199 Å². The highest BCUT2D eigenvalue weighted by Crippen LogP contribution is 2.54. The number of benzene rings is 8. The van der Waals surface area contributed by atoms with Gasteiger partial charge in [0.15, 0.2) is 0 Å². The molecule has 2 fully saturated rings. The molecule has 0 radical (unpaired) electrons. The lowest BCUT2D eigenvalue weighted by molar-refractivity contribution is -0.921. The SMILES string of the molecule is CC1(C)C(=CC=C2CC/C(=C\C=C3\N(CCCCS(=O)(=O)O)c4ccc(Cl)cc4C3(C)C)C2=[N+](c2ccccc2)c2ccccc2)N(CCCCS(=O)(=O)[O-])c2ccc(Cl)cc21.CC1(C)C(=CC=C2CC/C(=C\C=C3\N(CCCCS(=O)(=O)[O-])c4ccc(Cl)cc4C3(C)C)C2=[N+](c2ccccc2)c2ccccc2)N(CCCCS(=O)(=O)[O-])c2ccc(Cl)cc21.CC[N+](CC)(CC)CC. The molecule has 19 nitrogen and oxygen atoms in total. The maximum absolute atomic E-state index is 11.6. The maximum atomic E-state index is 11.6. The normalized spacial score (nSPS) is 19.1. The Morgan fingerprint density at radius 1 is 0.323 bits per heavy atom. The van der Waals surface area contributed by atoms with Crippen molar-refractivity contribution in [1.82, 2.24) is 9.15 Å². The van der Waals surface area contributed by atoms with Crippen molar-refractivity contribution >= 4 is 144 Å². The Balaban J connectivity index is 0.000000219. The minimum absolute atomic E-state index is 0.263. The first-order valence-corrected chi connectivity index (χ1v) is 53.9. The van der Waals surface area contributed by atoms with Gasteiger partial charge in [0.25, 0.3) is 10.1 Å². The molecule has 0 bridgehead atoms. The number of hydrogen-bond acceptors (Lipinski definition) is 15. The molecule has 2 aliphatic carbocycles. The van der Waals surface area contributed by atoms with E-state index < -0.39 is 79.4 Å². The lowest BCUT2D eigenvalue weighted by Crippen LogP contribution is -2.47. The maximum Gasteiger partial charge on any atom is 0.264 e. The third kappa shape index (κ3) is 24.9. The first-order valence-electron chi connectivity index (χ1n) is 46.1. The van der Waals surface area contributed by atoms with E-state index >= 15 is 0 Å². The zero-order valence-corrected chi connectivity index (χ0v) is 84.6. The monoisotopic (exact) mass is 1960 g/mol. The van der Waals surface area contributed by atoms with Crippen molar-refractivity contribution in [1.29, 1.82) is 0 Å². The van der Waals surface area contributed by atoms with Gasteiger partial charge in [-0.25, -0.2) is 25.3 Å². The summed E-state index contributed by atoms with van der Waals surface area (Å²) in [7, 11) is -17.0. The molecule has 2 saturated carbocycles. The number of fused-ring (bicyclic) bond motifs is 4. The van der Waals surface area contributed by atoms with Crippen LogP contribution in [0.4, 0.5) is 45.5 Å². The zero-order valence-electron chi connectivity index (χ0n) is 78.3. The Morgan fingerprint density at radius 2 is 0.534 bits per heavy atom. The van der Waals surface area contributed by atoms with E-state index in [0.29, 0.717) is 78.4 Å². The molecule has 133 heavy (non-hydrogen) atoms. The zero-order chi connectivity index (χ0) is 96.2. The Bertz CT molecular complexity index is 5640. The molecule has 0 amide bonds. The average molecular weight is 1960 g/mol. The molecule has 1 N–H and O–H groups in total. The fourth-order valence-corrected chi connectivity index (χ4v) is 22.5. The molecular formula is C106H125Cl4N7O12S4. The predicted octanol–water partition coefficient (Wildman–Crippen LogP) is 24.1. The first kappa shape index (κ1) is 103. The van der Waals surface area contributed by atoms with Gasteiger partial charge in [-0.3, -0.25) is 4.55 Å². The van der Waals surface area contributed by atoms with Gasteiger partial charge in [0.2, 0.25) is 34.2 Å². The molecule has 0 spiro atoms. The number of allylic oxidation sites excluding steroid dienone is 16. The smallest absolute Gasteiger partial charge is 0.264 e. The van der Waals surface area contributed by atoms with Crippen LogP contribution in [0.1, 0.15) is 182 Å². The van der Waals surface area contributed by atoms with Crippen LogP contribution in [0.15, 0.2) is 288 Å². The quantitative estimate of drug-likeness (QED) is 0.0178. The summed E-state index contributed by atoms with van der Waals surface area (Å²) in [6.45, 7) is 33.8. The van der Waals surface area contributed by atoms with Crippen molar-refractivity contribution in [3.05, 3.63) is 330 Å². The van der Waals surface area contributed by atoms with E-state index in [9.17, 15) is 51.9 Å². The number of para-hydroxylation sites is 4. The number of quaternary nitrogens is 1. The molecule has 14 rings (SSSR count). The van der Waals surface area contributed by atoms with Crippen LogP contribution in [0, 0.1) is 0 Å². The molecule has 708 valence electrons. The molecule has 8 aromatic carbocycles. The number of hydrogen-bond donors (Lipinski definition) is 1. The Morgan fingerprint density at radius 3 is 0.722 bits per heavy atom. The largest absolute Gasteiger partial charge is 0.748 e. The number of unbranched alkanes of at least 4 members (excludes halogenated alkanes) is 4. The summed E-state index contributed by atoms with van der Waals surface area (Å²) in [5.41, 5.74) is 21.5. The summed E-state index contributed by atoms with van der Waals surface area (Å²) in [5.74, 6) is -1.50. The van der Waals surface area contributed by atoms with Crippen LogP contribution in [0.2, 0.25) is 20.1 Å². The lowest BCUT2D eigenvalue weighted by Gasteiger charge is -2.34. The number of rotatable bonds is 32. The standard InChI is InChI=1S/2C49H53Cl2N3O6S2.C8H20N/c2*1-48(2)41-33-37(50)23-25-43(41)52(29-11-13-31-61(55,56)57)45(48)27-21-35-19-20-36(47(35)54(39-15-7-5-8-16-39)40-17-9-6-10-18-40)22-28-46-49(3,4)42-34-38(51)24-26-44(42)53(46)30-12-14-32-62(58,59)60;1-5-9(6-2,7-3)8-4/h2*5-10,15-18,21-28,33-34H,11-14,19-20,29-32H2,1-4H3,(H-,55,56,57,58,59,60);5-8H2,1-4H3/q;;+1/p-1. The van der Waals surface area contributed by atoms with E-state index in [1.807, 2.05) is 146 Å². The van der Waals surface area contributed by atoms with Crippen molar-refractivity contribution < 1.29 is 56.4 Å². The Kier molecular flexibility index (Phi) is 33.7. The van der Waals surface area contributed by atoms with Gasteiger partial charge in [0.05, 0.1) is 62.3 Å². The minimum atomic E-state index is -4.32. The van der Waals surface area contributed by atoms with Crippen LogP contribution < -0.4 is 28.8 Å². The van der Waals surface area contributed by atoms with E-state index in [2.05, 4.69) is 209 Å². The molecule has 4 aliphatic heterocycles. The lowest BCUT2D eigenvalue weighted by atomic mass is 9.83. The van der Waals surface area contributed by atoms with Crippen LogP contribution in [0.25, 0.3) is 0 Å². The van der Waals surface area contributed by atoms with Crippen LogP contribution in [-0.2, 0) is 62.1 Å². The molecule has 0 aromatic heterocycles. The van der Waals surface area contributed by atoms with Crippen molar-refractivity contribution in [3.63, 3.8) is 0 Å². The van der Waals surface area contributed by atoms with Gasteiger partial charge >= 0.3 is 0 Å². The highest BCUT2D eigenvalue weighted by atomic mass is 35.5. The molecule has 0 unspecified atom stereocenters. The van der Waals surface area contributed by atoms with E-state index in [1.54, 1.807) is 0 Å². The molecule has 0 atom stereocenters. The predicted molar refractivity (Wildman–Crippen MR) is 549 cm³/mol. The third-order valence-electron chi connectivity index (χ3n) is 27.0. The third-order valence-corrected chi connectivity index (χ3v) is 31.1. The molecule has 4 heterocycles. The van der Waals surface area contributed by atoms with Crippen molar-refractivity contribution in [2.24, 2.45) is 0 Å². The fourth-order valence-electron chi connectivity index (χ4n) is 19.6. The fraction of sp³-hybridized carbons (Fsp3) is 0.377. The highest BCUT2D eigenvalue weighted by molar-refractivity contribution is 7.86. The van der Waals surface area contributed by atoms with Gasteiger partial charge in [0, 0.05) is 202 Å². The molecule has 27 heteroatoms. The van der Waals surface area contributed by atoms with E-state index in [-0.39, 0.29) is 25.0 Å².